The van der Waals surface area contributed by atoms with Gasteiger partial charge in [0.25, 0.3) is 0 Å². The minimum absolute atomic E-state index is 0.327. The Kier molecular flexibility index (Phi) is 4.29. The molecule has 1 aromatic heterocycles. The van der Waals surface area contributed by atoms with Crippen molar-refractivity contribution in [3.63, 3.8) is 0 Å². The van der Waals surface area contributed by atoms with Crippen LogP contribution in [-0.4, -0.2) is 18.6 Å². The molecule has 0 bridgehead atoms. The van der Waals surface area contributed by atoms with Gasteiger partial charge in [-0.1, -0.05) is 20.8 Å². The number of aromatic nitrogens is 1. The highest BCUT2D eigenvalue weighted by Crippen LogP contribution is 2.32. The lowest BCUT2D eigenvalue weighted by Crippen LogP contribution is -2.36. The van der Waals surface area contributed by atoms with Crippen molar-refractivity contribution in [3.05, 3.63) is 16.1 Å². The average Bonchev–Trinajstić information content (AvgIpc) is 2.51. The van der Waals surface area contributed by atoms with E-state index < -0.39 is 0 Å². The van der Waals surface area contributed by atoms with Crippen LogP contribution < -0.4 is 5.32 Å². The third-order valence-corrected chi connectivity index (χ3v) is 4.13. The minimum Gasteiger partial charge on any atom is -0.319 e. The van der Waals surface area contributed by atoms with Gasteiger partial charge in [0, 0.05) is 17.6 Å². The summed E-state index contributed by atoms with van der Waals surface area (Å²) < 4.78 is 0. The number of rotatable bonds is 5. The predicted octanol–water partition coefficient (Wildman–Crippen LogP) is 2.88. The smallest absolute Gasteiger partial charge is 0.0896 e. The van der Waals surface area contributed by atoms with Crippen molar-refractivity contribution in [2.45, 2.75) is 34.1 Å². The summed E-state index contributed by atoms with van der Waals surface area (Å²) in [4.78, 5) is 5.72. The monoisotopic (exact) mass is 226 g/mol. The van der Waals surface area contributed by atoms with E-state index in [1.165, 1.54) is 9.88 Å². The highest BCUT2D eigenvalue weighted by molar-refractivity contribution is 7.11. The van der Waals surface area contributed by atoms with Gasteiger partial charge in [-0.3, -0.25) is 0 Å². The topological polar surface area (TPSA) is 24.9 Å². The Balaban J connectivity index is 2.74. The fourth-order valence-electron chi connectivity index (χ4n) is 1.76. The zero-order chi connectivity index (χ0) is 11.5. The van der Waals surface area contributed by atoms with E-state index in [0.717, 1.165) is 13.0 Å². The Morgan fingerprint density at radius 2 is 2.20 bits per heavy atom. The number of nitrogens with one attached hydrogen (secondary N) is 1. The molecule has 0 fully saturated rings. The maximum Gasteiger partial charge on any atom is 0.0896 e. The first-order valence-corrected chi connectivity index (χ1v) is 6.35. The van der Waals surface area contributed by atoms with E-state index in [2.05, 4.69) is 38.0 Å². The first-order valence-electron chi connectivity index (χ1n) is 5.54. The van der Waals surface area contributed by atoms with E-state index >= 15 is 0 Å². The van der Waals surface area contributed by atoms with Crippen molar-refractivity contribution in [2.24, 2.45) is 11.3 Å². The Bertz CT molecular complexity index is 306. The van der Waals surface area contributed by atoms with Crippen LogP contribution in [0.15, 0.2) is 6.20 Å². The molecule has 0 aliphatic heterocycles. The summed E-state index contributed by atoms with van der Waals surface area (Å²) in [7, 11) is 2.03. The zero-order valence-corrected chi connectivity index (χ0v) is 11.2. The average molecular weight is 226 g/mol. The van der Waals surface area contributed by atoms with Crippen molar-refractivity contribution < 1.29 is 0 Å². The van der Waals surface area contributed by atoms with Gasteiger partial charge in [-0.25, -0.2) is 4.98 Å². The van der Waals surface area contributed by atoms with Crippen molar-refractivity contribution in [1.82, 2.24) is 10.3 Å². The summed E-state index contributed by atoms with van der Waals surface area (Å²) in [6.45, 7) is 10.1. The summed E-state index contributed by atoms with van der Waals surface area (Å²) in [5.41, 5.74) is 0.327. The molecule has 1 rings (SSSR count). The van der Waals surface area contributed by atoms with Crippen LogP contribution in [0.25, 0.3) is 0 Å². The van der Waals surface area contributed by atoms with Crippen LogP contribution in [0.2, 0.25) is 0 Å². The lowest BCUT2D eigenvalue weighted by molar-refractivity contribution is 0.214. The van der Waals surface area contributed by atoms with E-state index in [0.29, 0.717) is 11.3 Å². The quantitative estimate of drug-likeness (QED) is 0.835. The van der Waals surface area contributed by atoms with Gasteiger partial charge in [-0.2, -0.15) is 0 Å². The second kappa shape index (κ2) is 5.08. The molecule has 0 amide bonds. The molecule has 86 valence electrons. The van der Waals surface area contributed by atoms with Crippen LogP contribution in [0.1, 0.15) is 30.7 Å². The molecule has 0 saturated heterocycles. The Morgan fingerprint density at radius 1 is 1.53 bits per heavy atom. The molecule has 0 aliphatic rings. The normalized spacial score (nSPS) is 15.6. The van der Waals surface area contributed by atoms with Gasteiger partial charge in [-0.15, -0.1) is 11.3 Å². The molecule has 1 aromatic rings. The molecule has 3 heteroatoms. The summed E-state index contributed by atoms with van der Waals surface area (Å²) in [5, 5.41) is 4.47. The summed E-state index contributed by atoms with van der Waals surface area (Å²) in [6, 6.07) is 0. The van der Waals surface area contributed by atoms with Gasteiger partial charge in [0.2, 0.25) is 0 Å². The van der Waals surface area contributed by atoms with Crippen LogP contribution in [0, 0.1) is 18.3 Å². The molecule has 0 saturated carbocycles. The Labute approximate surface area is 97.1 Å². The molecule has 1 atom stereocenters. The number of hydrogen-bond donors (Lipinski definition) is 1. The van der Waals surface area contributed by atoms with E-state index in [1.54, 1.807) is 0 Å². The van der Waals surface area contributed by atoms with Crippen LogP contribution in [-0.2, 0) is 6.42 Å². The Morgan fingerprint density at radius 3 is 2.60 bits per heavy atom. The summed E-state index contributed by atoms with van der Waals surface area (Å²) >= 11 is 1.82. The van der Waals surface area contributed by atoms with Gasteiger partial charge < -0.3 is 5.32 Å². The molecule has 1 heterocycles. The van der Waals surface area contributed by atoms with Crippen LogP contribution in [0.4, 0.5) is 0 Å². The maximum absolute atomic E-state index is 4.32. The molecular formula is C12H22N2S. The Hall–Kier alpha value is -0.410. The third-order valence-electron chi connectivity index (χ3n) is 3.22. The second-order valence-electron chi connectivity index (χ2n) is 4.86. The van der Waals surface area contributed by atoms with Crippen LogP contribution >= 0.6 is 11.3 Å². The van der Waals surface area contributed by atoms with E-state index in [9.17, 15) is 0 Å². The number of thiazole rings is 1. The van der Waals surface area contributed by atoms with Crippen LogP contribution in [0.5, 0.6) is 0 Å². The molecule has 0 aromatic carbocycles. The van der Waals surface area contributed by atoms with Crippen molar-refractivity contribution in [3.8, 4) is 0 Å². The first kappa shape index (κ1) is 12.7. The minimum atomic E-state index is 0.327. The van der Waals surface area contributed by atoms with Crippen molar-refractivity contribution in [1.29, 1.82) is 0 Å². The van der Waals surface area contributed by atoms with Crippen molar-refractivity contribution >= 4 is 11.3 Å². The molecular weight excluding hydrogens is 204 g/mol. The van der Waals surface area contributed by atoms with E-state index in [-0.39, 0.29) is 0 Å². The summed E-state index contributed by atoms with van der Waals surface area (Å²) in [5.74, 6) is 0.673. The number of aryl methyl sites for hydroxylation is 1. The van der Waals surface area contributed by atoms with Gasteiger partial charge in [0.15, 0.2) is 0 Å². The molecule has 2 nitrogen and oxygen atoms in total. The van der Waals surface area contributed by atoms with Crippen LogP contribution in [0.3, 0.4) is 0 Å². The SMILES string of the molecule is CNCC(C)(Cc1cnc(C)s1)C(C)C. The number of nitrogens with zero attached hydrogens (tertiary/aromatic N) is 1. The van der Waals surface area contributed by atoms with Gasteiger partial charge in [0.1, 0.15) is 0 Å². The standard InChI is InChI=1S/C12H22N2S/c1-9(2)12(4,8-13-5)6-11-7-14-10(3)15-11/h7,9,13H,6,8H2,1-5H3. The summed E-state index contributed by atoms with van der Waals surface area (Å²) in [6.07, 6.45) is 3.15. The molecule has 15 heavy (non-hydrogen) atoms. The van der Waals surface area contributed by atoms with Gasteiger partial charge in [-0.05, 0) is 31.7 Å². The number of hydrogen-bond acceptors (Lipinski definition) is 3. The lowest BCUT2D eigenvalue weighted by Gasteiger charge is -2.33. The van der Waals surface area contributed by atoms with E-state index in [4.69, 9.17) is 0 Å². The van der Waals surface area contributed by atoms with Gasteiger partial charge in [0.05, 0.1) is 5.01 Å². The molecule has 1 unspecified atom stereocenters. The highest BCUT2D eigenvalue weighted by Gasteiger charge is 2.28. The third kappa shape index (κ3) is 3.28. The van der Waals surface area contributed by atoms with Crippen molar-refractivity contribution in [2.75, 3.05) is 13.6 Å². The zero-order valence-electron chi connectivity index (χ0n) is 10.4. The molecule has 1 N–H and O–H groups in total. The largest absolute Gasteiger partial charge is 0.319 e. The van der Waals surface area contributed by atoms with Gasteiger partial charge >= 0.3 is 0 Å². The predicted molar refractivity (Wildman–Crippen MR) is 67.4 cm³/mol. The fourth-order valence-corrected chi connectivity index (χ4v) is 2.75. The lowest BCUT2D eigenvalue weighted by atomic mass is 9.76. The molecule has 0 aliphatic carbocycles. The molecule has 0 radical (unpaired) electrons. The van der Waals surface area contributed by atoms with E-state index in [1.807, 2.05) is 24.6 Å². The second-order valence-corrected chi connectivity index (χ2v) is 6.18. The molecule has 0 spiro atoms. The highest BCUT2D eigenvalue weighted by atomic mass is 32.1. The fraction of sp³-hybridized carbons (Fsp3) is 0.750. The first-order chi connectivity index (χ1) is 6.98. The maximum atomic E-state index is 4.32.